The summed E-state index contributed by atoms with van der Waals surface area (Å²) in [7, 11) is 0. The van der Waals surface area contributed by atoms with Gasteiger partial charge in [-0.05, 0) is 79.9 Å². The van der Waals surface area contributed by atoms with Crippen molar-refractivity contribution in [2.24, 2.45) is 5.73 Å². The Bertz CT molecular complexity index is 345. The van der Waals surface area contributed by atoms with Crippen molar-refractivity contribution in [3.05, 3.63) is 22.8 Å². The number of hydrogen-bond acceptors (Lipinski definition) is 2. The highest BCUT2D eigenvalue weighted by Gasteiger charge is 2.08. The molecule has 0 saturated carbocycles. The maximum absolute atomic E-state index is 10.6. The van der Waals surface area contributed by atoms with E-state index in [9.17, 15) is 4.79 Å². The van der Waals surface area contributed by atoms with Crippen LogP contribution in [0.4, 0.5) is 0 Å². The van der Waals surface area contributed by atoms with E-state index < -0.39 is 5.91 Å². The molecule has 0 aliphatic rings. The van der Waals surface area contributed by atoms with E-state index in [-0.39, 0.29) is 6.61 Å². The second-order valence-electron chi connectivity index (χ2n) is 2.45. The normalized spacial score (nSPS) is 9.93. The first-order chi connectivity index (χ1) is 6.50. The zero-order valence-corrected chi connectivity index (χ0v) is 13.4. The number of ether oxygens (including phenoxy) is 1. The number of amides is 1. The third-order valence-electron chi connectivity index (χ3n) is 1.32. The van der Waals surface area contributed by atoms with Crippen LogP contribution < -0.4 is 10.5 Å². The molecule has 0 fully saturated rings. The first-order valence-electron chi connectivity index (χ1n) is 3.56. The van der Waals surface area contributed by atoms with Gasteiger partial charge in [-0.2, -0.15) is 0 Å². The van der Waals surface area contributed by atoms with E-state index >= 15 is 0 Å². The maximum Gasteiger partial charge on any atom is 0.255 e. The van der Waals surface area contributed by atoms with Crippen molar-refractivity contribution in [1.29, 1.82) is 0 Å². The van der Waals surface area contributed by atoms with Gasteiger partial charge in [0.1, 0.15) is 5.75 Å². The Kier molecular flexibility index (Phi) is 5.17. The van der Waals surface area contributed by atoms with Gasteiger partial charge in [-0.25, -0.2) is 0 Å². The van der Waals surface area contributed by atoms with Crippen molar-refractivity contribution in [3.63, 3.8) is 0 Å². The van der Waals surface area contributed by atoms with E-state index in [2.05, 4.69) is 67.8 Å². The molecule has 1 aromatic rings. The summed E-state index contributed by atoms with van der Waals surface area (Å²) in [5.41, 5.74) is 5.00. The van der Waals surface area contributed by atoms with Crippen molar-refractivity contribution >= 4 is 73.7 Å². The number of carbonyl (C=O) groups excluding carboxylic acids is 1. The molecule has 0 aliphatic carbocycles. The molecule has 0 aliphatic heterocycles. The lowest BCUT2D eigenvalue weighted by molar-refractivity contribution is -0.119. The van der Waals surface area contributed by atoms with E-state index in [0.29, 0.717) is 0 Å². The van der Waals surface area contributed by atoms with Gasteiger partial charge in [-0.3, -0.25) is 4.79 Å². The molecule has 0 atom stereocenters. The summed E-state index contributed by atoms with van der Waals surface area (Å²) in [6, 6.07) is 3.97. The molecule has 0 unspecified atom stereocenters. The lowest BCUT2D eigenvalue weighted by atomic mass is 10.3. The lowest BCUT2D eigenvalue weighted by Gasteiger charge is -2.08. The molecule has 3 nitrogen and oxygen atoms in total. The first-order valence-corrected chi connectivity index (χ1v) is 6.80. The first kappa shape index (κ1) is 12.7. The van der Waals surface area contributed by atoms with Crippen molar-refractivity contribution < 1.29 is 9.53 Å². The minimum atomic E-state index is -0.463. The van der Waals surface area contributed by atoms with Crippen LogP contribution >= 0.6 is 67.8 Å². The summed E-state index contributed by atoms with van der Waals surface area (Å²) in [5, 5.41) is 0. The number of carbonyl (C=O) groups is 1. The molecule has 0 heterocycles. The average Bonchev–Trinajstić information content (AvgIpc) is 2.01. The van der Waals surface area contributed by atoms with Gasteiger partial charge in [0.25, 0.3) is 5.91 Å². The molecule has 2 N–H and O–H groups in total. The van der Waals surface area contributed by atoms with E-state index in [4.69, 9.17) is 10.5 Å². The van der Waals surface area contributed by atoms with Gasteiger partial charge in [0.05, 0.1) is 7.14 Å². The van der Waals surface area contributed by atoms with Crippen LogP contribution in [0.15, 0.2) is 12.1 Å². The molecular formula is C8H6I3NO2. The molecule has 0 spiro atoms. The molecule has 0 bridgehead atoms. The standard InChI is InChI=1S/C8H6I3NO2/c9-4-1-5(10)8(6(11)2-4)14-3-7(12)13/h1-2H,3H2,(H2,12,13). The minimum Gasteiger partial charge on any atom is -0.482 e. The molecule has 1 rings (SSSR count). The zero-order chi connectivity index (χ0) is 10.7. The molecule has 76 valence electrons. The van der Waals surface area contributed by atoms with E-state index in [1.807, 2.05) is 12.1 Å². The average molecular weight is 529 g/mol. The van der Waals surface area contributed by atoms with E-state index in [1.54, 1.807) is 0 Å². The smallest absolute Gasteiger partial charge is 0.255 e. The monoisotopic (exact) mass is 529 g/mol. The predicted molar refractivity (Wildman–Crippen MR) is 79.3 cm³/mol. The third kappa shape index (κ3) is 3.68. The Morgan fingerprint density at radius 2 is 1.79 bits per heavy atom. The van der Waals surface area contributed by atoms with Gasteiger partial charge in [-0.1, -0.05) is 0 Å². The van der Waals surface area contributed by atoms with Crippen molar-refractivity contribution in [3.8, 4) is 5.75 Å². The fourth-order valence-corrected chi connectivity index (χ4v) is 4.70. The Morgan fingerprint density at radius 3 is 2.21 bits per heavy atom. The van der Waals surface area contributed by atoms with Crippen molar-refractivity contribution in [2.45, 2.75) is 0 Å². The van der Waals surface area contributed by atoms with Crippen LogP contribution in [-0.2, 0) is 4.79 Å². The summed E-state index contributed by atoms with van der Waals surface area (Å²) >= 11 is 6.58. The van der Waals surface area contributed by atoms with Crippen LogP contribution in [0.2, 0.25) is 0 Å². The van der Waals surface area contributed by atoms with Gasteiger partial charge in [-0.15, -0.1) is 0 Å². The van der Waals surface area contributed by atoms with Crippen molar-refractivity contribution in [2.75, 3.05) is 6.61 Å². The summed E-state index contributed by atoms with van der Waals surface area (Å²) in [4.78, 5) is 10.6. The number of nitrogens with two attached hydrogens (primary N) is 1. The highest BCUT2D eigenvalue weighted by Crippen LogP contribution is 2.29. The highest BCUT2D eigenvalue weighted by molar-refractivity contribution is 14.1. The van der Waals surface area contributed by atoms with Crippen LogP contribution in [0.5, 0.6) is 5.75 Å². The van der Waals surface area contributed by atoms with Gasteiger partial charge in [0.15, 0.2) is 6.61 Å². The van der Waals surface area contributed by atoms with E-state index in [1.165, 1.54) is 0 Å². The van der Waals surface area contributed by atoms with Gasteiger partial charge in [0, 0.05) is 3.57 Å². The maximum atomic E-state index is 10.6. The lowest BCUT2D eigenvalue weighted by Crippen LogP contribution is -2.20. The SMILES string of the molecule is NC(=O)COc1c(I)cc(I)cc1I. The van der Waals surface area contributed by atoms with Crippen LogP contribution in [0, 0.1) is 10.7 Å². The van der Waals surface area contributed by atoms with Crippen LogP contribution in [0.25, 0.3) is 0 Å². The number of halogens is 3. The number of hydrogen-bond donors (Lipinski definition) is 1. The molecule has 0 saturated heterocycles. The summed E-state index contributed by atoms with van der Waals surface area (Å²) < 4.78 is 8.41. The van der Waals surface area contributed by atoms with Crippen LogP contribution in [0.3, 0.4) is 0 Å². The van der Waals surface area contributed by atoms with Crippen molar-refractivity contribution in [1.82, 2.24) is 0 Å². The predicted octanol–water partition coefficient (Wildman–Crippen LogP) is 2.36. The Balaban J connectivity index is 2.91. The third-order valence-corrected chi connectivity index (χ3v) is 3.55. The molecule has 0 radical (unpaired) electrons. The molecule has 0 aromatic heterocycles. The molecule has 1 aromatic carbocycles. The summed E-state index contributed by atoms with van der Waals surface area (Å²) in [6.45, 7) is -0.0768. The summed E-state index contributed by atoms with van der Waals surface area (Å²) in [6.07, 6.45) is 0. The Morgan fingerprint density at radius 1 is 1.29 bits per heavy atom. The Labute approximate surface area is 123 Å². The number of benzene rings is 1. The molecular weight excluding hydrogens is 523 g/mol. The fourth-order valence-electron chi connectivity index (χ4n) is 0.810. The highest BCUT2D eigenvalue weighted by atomic mass is 127. The molecule has 6 heteroatoms. The molecule has 1 amide bonds. The number of primary amides is 1. The minimum absolute atomic E-state index is 0.0768. The summed E-state index contributed by atoms with van der Waals surface area (Å²) in [5.74, 6) is 0.264. The second kappa shape index (κ2) is 5.68. The fraction of sp³-hybridized carbons (Fsp3) is 0.125. The topological polar surface area (TPSA) is 52.3 Å². The second-order valence-corrected chi connectivity index (χ2v) is 6.02. The van der Waals surface area contributed by atoms with E-state index in [0.717, 1.165) is 16.5 Å². The van der Waals surface area contributed by atoms with Gasteiger partial charge < -0.3 is 10.5 Å². The Hall–Kier alpha value is 0.680. The van der Waals surface area contributed by atoms with Gasteiger partial charge in [0.2, 0.25) is 0 Å². The molecule has 14 heavy (non-hydrogen) atoms. The zero-order valence-electron chi connectivity index (χ0n) is 6.89. The van der Waals surface area contributed by atoms with Crippen LogP contribution in [-0.4, -0.2) is 12.5 Å². The van der Waals surface area contributed by atoms with Gasteiger partial charge >= 0.3 is 0 Å². The van der Waals surface area contributed by atoms with Crippen LogP contribution in [0.1, 0.15) is 0 Å². The quantitative estimate of drug-likeness (QED) is 0.613. The largest absolute Gasteiger partial charge is 0.482 e. The number of rotatable bonds is 3.